The molecule has 0 atom stereocenters. The van der Waals surface area contributed by atoms with Crippen LogP contribution in [0.25, 0.3) is 0 Å². The van der Waals surface area contributed by atoms with E-state index < -0.39 is 0 Å². The molecule has 21 heavy (non-hydrogen) atoms. The lowest BCUT2D eigenvalue weighted by Crippen LogP contribution is -2.38. The van der Waals surface area contributed by atoms with Crippen molar-refractivity contribution in [3.05, 3.63) is 51.7 Å². The van der Waals surface area contributed by atoms with E-state index in [9.17, 15) is 9.59 Å². The molecule has 3 rings (SSSR count). The number of thiophene rings is 1. The van der Waals surface area contributed by atoms with Crippen LogP contribution in [0, 0.1) is 6.92 Å². The predicted octanol–water partition coefficient (Wildman–Crippen LogP) is 3.61. The van der Waals surface area contributed by atoms with Crippen LogP contribution in [0.5, 0.6) is 0 Å². The Labute approximate surface area is 128 Å². The van der Waals surface area contributed by atoms with E-state index in [-0.39, 0.29) is 11.7 Å². The molecule has 2 heterocycles. The van der Waals surface area contributed by atoms with Gasteiger partial charge in [0.05, 0.1) is 5.69 Å². The fourth-order valence-electron chi connectivity index (χ4n) is 2.77. The van der Waals surface area contributed by atoms with Crippen LogP contribution in [0.15, 0.2) is 35.7 Å². The molecule has 3 nitrogen and oxygen atoms in total. The Balaban J connectivity index is 1.82. The third kappa shape index (κ3) is 2.76. The zero-order valence-corrected chi connectivity index (χ0v) is 12.8. The number of anilines is 1. The van der Waals surface area contributed by atoms with Gasteiger partial charge in [-0.2, -0.15) is 0 Å². The molecule has 0 saturated heterocycles. The fourth-order valence-corrected chi connectivity index (χ4v) is 3.48. The van der Waals surface area contributed by atoms with E-state index in [2.05, 4.69) is 6.07 Å². The fraction of sp³-hybridized carbons (Fsp3) is 0.294. The van der Waals surface area contributed by atoms with Crippen molar-refractivity contribution in [2.75, 3.05) is 11.4 Å². The molecule has 1 aliphatic rings. The highest BCUT2D eigenvalue weighted by Crippen LogP contribution is 2.31. The SMILES string of the molecule is Cc1cccc2c1N(C(=O)CCc1cccs1)CCC2=O. The second-order valence-corrected chi connectivity index (χ2v) is 6.30. The molecule has 0 spiro atoms. The zero-order valence-electron chi connectivity index (χ0n) is 12.0. The van der Waals surface area contributed by atoms with Crippen molar-refractivity contribution in [3.63, 3.8) is 0 Å². The van der Waals surface area contributed by atoms with Crippen molar-refractivity contribution < 1.29 is 9.59 Å². The number of hydrogen-bond donors (Lipinski definition) is 0. The maximum Gasteiger partial charge on any atom is 0.227 e. The third-order valence-electron chi connectivity index (χ3n) is 3.84. The van der Waals surface area contributed by atoms with E-state index in [1.165, 1.54) is 4.88 Å². The van der Waals surface area contributed by atoms with Crippen LogP contribution in [0.1, 0.15) is 33.6 Å². The molecular formula is C17H17NO2S. The van der Waals surface area contributed by atoms with E-state index in [0.29, 0.717) is 24.9 Å². The van der Waals surface area contributed by atoms with Gasteiger partial charge in [-0.15, -0.1) is 11.3 Å². The first kappa shape index (κ1) is 14.0. The minimum atomic E-state index is 0.103. The van der Waals surface area contributed by atoms with E-state index in [0.717, 1.165) is 17.7 Å². The first-order chi connectivity index (χ1) is 10.2. The highest BCUT2D eigenvalue weighted by molar-refractivity contribution is 7.09. The van der Waals surface area contributed by atoms with E-state index in [1.54, 1.807) is 16.2 Å². The normalized spacial score (nSPS) is 14.1. The van der Waals surface area contributed by atoms with Gasteiger partial charge in [0.15, 0.2) is 5.78 Å². The molecule has 1 aromatic heterocycles. The van der Waals surface area contributed by atoms with Gasteiger partial charge in [-0.1, -0.05) is 18.2 Å². The van der Waals surface area contributed by atoms with Gasteiger partial charge in [0.25, 0.3) is 0 Å². The second kappa shape index (κ2) is 5.82. The van der Waals surface area contributed by atoms with Crippen LogP contribution in [-0.2, 0) is 11.2 Å². The van der Waals surface area contributed by atoms with E-state index in [1.807, 2.05) is 36.6 Å². The first-order valence-electron chi connectivity index (χ1n) is 7.12. The smallest absolute Gasteiger partial charge is 0.227 e. The number of amides is 1. The molecule has 108 valence electrons. The lowest BCUT2D eigenvalue weighted by molar-refractivity contribution is -0.118. The highest BCUT2D eigenvalue weighted by Gasteiger charge is 2.28. The Morgan fingerprint density at radius 1 is 1.29 bits per heavy atom. The van der Waals surface area contributed by atoms with Gasteiger partial charge in [0.2, 0.25) is 5.91 Å². The average Bonchev–Trinajstić information content (AvgIpc) is 2.99. The average molecular weight is 299 g/mol. The van der Waals surface area contributed by atoms with Crippen LogP contribution < -0.4 is 4.90 Å². The van der Waals surface area contributed by atoms with Crippen molar-refractivity contribution in [2.24, 2.45) is 0 Å². The molecule has 0 radical (unpaired) electrons. The number of ketones is 1. The summed E-state index contributed by atoms with van der Waals surface area (Å²) >= 11 is 1.68. The Morgan fingerprint density at radius 3 is 2.90 bits per heavy atom. The molecular weight excluding hydrogens is 282 g/mol. The summed E-state index contributed by atoms with van der Waals surface area (Å²) in [5, 5.41) is 2.03. The number of rotatable bonds is 3. The van der Waals surface area contributed by atoms with Gasteiger partial charge >= 0.3 is 0 Å². The third-order valence-corrected chi connectivity index (χ3v) is 4.77. The summed E-state index contributed by atoms with van der Waals surface area (Å²) < 4.78 is 0. The molecule has 0 aliphatic carbocycles. The van der Waals surface area contributed by atoms with Crippen LogP contribution in [-0.4, -0.2) is 18.2 Å². The Kier molecular flexibility index (Phi) is 3.88. The van der Waals surface area contributed by atoms with Gasteiger partial charge in [-0.3, -0.25) is 9.59 Å². The number of nitrogens with zero attached hydrogens (tertiary/aromatic N) is 1. The molecule has 0 fully saturated rings. The summed E-state index contributed by atoms with van der Waals surface area (Å²) in [5.41, 5.74) is 2.49. The van der Waals surface area contributed by atoms with Crippen LogP contribution >= 0.6 is 11.3 Å². The topological polar surface area (TPSA) is 37.4 Å². The molecule has 1 aliphatic heterocycles. The van der Waals surface area contributed by atoms with E-state index >= 15 is 0 Å². The van der Waals surface area contributed by atoms with Crippen molar-refractivity contribution in [1.82, 2.24) is 0 Å². The van der Waals surface area contributed by atoms with Gasteiger partial charge < -0.3 is 4.90 Å². The zero-order chi connectivity index (χ0) is 14.8. The number of para-hydroxylation sites is 1. The summed E-state index contributed by atoms with van der Waals surface area (Å²) in [7, 11) is 0. The van der Waals surface area contributed by atoms with Crippen molar-refractivity contribution in [3.8, 4) is 0 Å². The van der Waals surface area contributed by atoms with Gasteiger partial charge in [0, 0.05) is 29.8 Å². The summed E-state index contributed by atoms with van der Waals surface area (Å²) in [5.74, 6) is 0.238. The number of benzene rings is 1. The van der Waals surface area contributed by atoms with Gasteiger partial charge in [-0.05, 0) is 36.4 Å². The number of Topliss-reactive ketones (excluding diaryl/α,β-unsaturated/α-hetero) is 1. The van der Waals surface area contributed by atoms with Gasteiger partial charge in [0.1, 0.15) is 0 Å². The maximum absolute atomic E-state index is 12.5. The van der Waals surface area contributed by atoms with Crippen molar-refractivity contribution in [1.29, 1.82) is 0 Å². The molecule has 0 unspecified atom stereocenters. The Morgan fingerprint density at radius 2 is 2.14 bits per heavy atom. The van der Waals surface area contributed by atoms with Crippen LogP contribution in [0.2, 0.25) is 0 Å². The lowest BCUT2D eigenvalue weighted by atomic mass is 9.96. The second-order valence-electron chi connectivity index (χ2n) is 5.27. The number of aryl methyl sites for hydroxylation is 2. The minimum absolute atomic E-state index is 0.103. The Bertz CT molecular complexity index is 676. The lowest BCUT2D eigenvalue weighted by Gasteiger charge is -2.30. The molecule has 0 saturated carbocycles. The molecule has 4 heteroatoms. The maximum atomic E-state index is 12.5. The quantitative estimate of drug-likeness (QED) is 0.868. The minimum Gasteiger partial charge on any atom is -0.311 e. The number of hydrogen-bond acceptors (Lipinski definition) is 3. The standard InChI is InChI=1S/C17H17NO2S/c1-12-4-2-6-14-15(19)9-10-18(17(12)14)16(20)8-7-13-5-3-11-21-13/h2-6,11H,7-10H2,1H3. The first-order valence-corrected chi connectivity index (χ1v) is 8.00. The predicted molar refractivity (Wildman–Crippen MR) is 85.1 cm³/mol. The van der Waals surface area contributed by atoms with Crippen LogP contribution in [0.4, 0.5) is 5.69 Å². The molecule has 0 bridgehead atoms. The summed E-state index contributed by atoms with van der Waals surface area (Å²) in [4.78, 5) is 27.6. The summed E-state index contributed by atoms with van der Waals surface area (Å²) in [6, 6.07) is 9.71. The molecule has 1 amide bonds. The monoisotopic (exact) mass is 299 g/mol. The summed E-state index contributed by atoms with van der Waals surface area (Å²) in [6.07, 6.45) is 1.67. The molecule has 1 aromatic carbocycles. The number of fused-ring (bicyclic) bond motifs is 1. The van der Waals surface area contributed by atoms with Crippen LogP contribution in [0.3, 0.4) is 0 Å². The van der Waals surface area contributed by atoms with Crippen molar-refractivity contribution >= 4 is 28.7 Å². The number of carbonyl (C=O) groups is 2. The summed E-state index contributed by atoms with van der Waals surface area (Å²) in [6.45, 7) is 2.46. The Hall–Kier alpha value is -1.94. The molecule has 2 aromatic rings. The van der Waals surface area contributed by atoms with Gasteiger partial charge in [-0.25, -0.2) is 0 Å². The number of carbonyl (C=O) groups excluding carboxylic acids is 2. The van der Waals surface area contributed by atoms with Crippen molar-refractivity contribution in [2.45, 2.75) is 26.2 Å². The highest BCUT2D eigenvalue weighted by atomic mass is 32.1. The van der Waals surface area contributed by atoms with E-state index in [4.69, 9.17) is 0 Å². The molecule has 0 N–H and O–H groups in total. The largest absolute Gasteiger partial charge is 0.311 e.